The Hall–Kier alpha value is -1.30. The zero-order chi connectivity index (χ0) is 13.1. The Kier molecular flexibility index (Phi) is 5.60. The van der Waals surface area contributed by atoms with Gasteiger partial charge in [-0.1, -0.05) is 23.7 Å². The van der Waals surface area contributed by atoms with Crippen molar-refractivity contribution in [3.8, 4) is 0 Å². The van der Waals surface area contributed by atoms with Crippen molar-refractivity contribution in [2.24, 2.45) is 5.73 Å². The number of amides is 2. The number of benzene rings is 1. The summed E-state index contributed by atoms with van der Waals surface area (Å²) < 4.78 is 0. The van der Waals surface area contributed by atoms with Crippen molar-refractivity contribution in [3.63, 3.8) is 0 Å². The highest BCUT2D eigenvalue weighted by molar-refractivity contribution is 6.34. The average molecular weight is 304 g/mol. The minimum absolute atomic E-state index is 0. The standard InChI is InChI=1S/C12H14ClN3O2.ClH/c13-8-3-1-2-4-10(8)16-6-5-9(12(16)18)15-11(17)7-14;/h1-4,9H,5-7,14H2,(H,15,17);1H. The van der Waals surface area contributed by atoms with E-state index in [1.807, 2.05) is 6.07 Å². The third-order valence-corrected chi connectivity index (χ3v) is 3.19. The molecule has 1 heterocycles. The van der Waals surface area contributed by atoms with Gasteiger partial charge < -0.3 is 16.0 Å². The summed E-state index contributed by atoms with van der Waals surface area (Å²) in [4.78, 5) is 24.9. The quantitative estimate of drug-likeness (QED) is 0.873. The van der Waals surface area contributed by atoms with Gasteiger partial charge in [-0.15, -0.1) is 12.4 Å². The number of hydrogen-bond acceptors (Lipinski definition) is 3. The molecule has 2 rings (SSSR count). The molecular formula is C12H15Cl2N3O2. The fourth-order valence-electron chi connectivity index (χ4n) is 1.98. The second-order valence-electron chi connectivity index (χ2n) is 4.05. The third-order valence-electron chi connectivity index (χ3n) is 2.87. The monoisotopic (exact) mass is 303 g/mol. The van der Waals surface area contributed by atoms with Gasteiger partial charge in [0.2, 0.25) is 11.8 Å². The van der Waals surface area contributed by atoms with Gasteiger partial charge in [-0.3, -0.25) is 9.59 Å². The Morgan fingerprint density at radius 1 is 1.47 bits per heavy atom. The molecule has 1 fully saturated rings. The molecule has 7 heteroatoms. The van der Waals surface area contributed by atoms with E-state index in [0.717, 1.165) is 0 Å². The highest BCUT2D eigenvalue weighted by atomic mass is 35.5. The van der Waals surface area contributed by atoms with E-state index in [-0.39, 0.29) is 30.8 Å². The summed E-state index contributed by atoms with van der Waals surface area (Å²) in [5, 5.41) is 3.12. The number of nitrogens with one attached hydrogen (secondary N) is 1. The average Bonchev–Trinajstić information content (AvgIpc) is 2.72. The van der Waals surface area contributed by atoms with Gasteiger partial charge in [0.1, 0.15) is 6.04 Å². The molecule has 1 aliphatic rings. The van der Waals surface area contributed by atoms with Crippen LogP contribution in [0.5, 0.6) is 0 Å². The highest BCUT2D eigenvalue weighted by Gasteiger charge is 2.34. The van der Waals surface area contributed by atoms with E-state index in [2.05, 4.69) is 5.32 Å². The van der Waals surface area contributed by atoms with Crippen molar-refractivity contribution < 1.29 is 9.59 Å². The van der Waals surface area contributed by atoms with Gasteiger partial charge in [-0.2, -0.15) is 0 Å². The van der Waals surface area contributed by atoms with Crippen LogP contribution in [-0.2, 0) is 9.59 Å². The summed E-state index contributed by atoms with van der Waals surface area (Å²) in [5.74, 6) is -0.473. The van der Waals surface area contributed by atoms with Gasteiger partial charge in [0, 0.05) is 6.54 Å². The Morgan fingerprint density at radius 3 is 2.79 bits per heavy atom. The molecular weight excluding hydrogens is 289 g/mol. The fraction of sp³-hybridized carbons (Fsp3) is 0.333. The maximum atomic E-state index is 12.1. The largest absolute Gasteiger partial charge is 0.343 e. The topological polar surface area (TPSA) is 75.4 Å². The first-order valence-electron chi connectivity index (χ1n) is 5.69. The van der Waals surface area contributed by atoms with Gasteiger partial charge >= 0.3 is 0 Å². The molecule has 1 atom stereocenters. The van der Waals surface area contributed by atoms with Crippen LogP contribution < -0.4 is 16.0 Å². The minimum Gasteiger partial charge on any atom is -0.343 e. The lowest BCUT2D eigenvalue weighted by Crippen LogP contribution is -2.43. The van der Waals surface area contributed by atoms with Gasteiger partial charge in [0.05, 0.1) is 17.3 Å². The normalized spacial score (nSPS) is 18.1. The van der Waals surface area contributed by atoms with Crippen LogP contribution in [-0.4, -0.2) is 30.9 Å². The van der Waals surface area contributed by atoms with Gasteiger partial charge in [-0.05, 0) is 18.6 Å². The smallest absolute Gasteiger partial charge is 0.249 e. The number of carbonyl (C=O) groups is 2. The van der Waals surface area contributed by atoms with Crippen LogP contribution in [0.3, 0.4) is 0 Å². The van der Waals surface area contributed by atoms with Crippen molar-refractivity contribution in [3.05, 3.63) is 29.3 Å². The summed E-state index contributed by atoms with van der Waals surface area (Å²) in [6.07, 6.45) is 0.565. The fourth-order valence-corrected chi connectivity index (χ4v) is 2.21. The summed E-state index contributed by atoms with van der Waals surface area (Å²) in [5.41, 5.74) is 5.88. The third kappa shape index (κ3) is 3.37. The second-order valence-corrected chi connectivity index (χ2v) is 4.46. The molecule has 3 N–H and O–H groups in total. The number of nitrogens with two attached hydrogens (primary N) is 1. The zero-order valence-corrected chi connectivity index (χ0v) is 11.7. The molecule has 19 heavy (non-hydrogen) atoms. The van der Waals surface area contributed by atoms with Crippen molar-refractivity contribution in [2.45, 2.75) is 12.5 Å². The first-order chi connectivity index (χ1) is 8.63. The van der Waals surface area contributed by atoms with E-state index in [9.17, 15) is 9.59 Å². The Labute approximate surface area is 122 Å². The van der Waals surface area contributed by atoms with Crippen LogP contribution in [0, 0.1) is 0 Å². The summed E-state index contributed by atoms with van der Waals surface area (Å²) in [7, 11) is 0. The maximum Gasteiger partial charge on any atom is 0.249 e. The Balaban J connectivity index is 0.00000180. The lowest BCUT2D eigenvalue weighted by Gasteiger charge is -2.18. The first-order valence-corrected chi connectivity index (χ1v) is 6.06. The van der Waals surface area contributed by atoms with Crippen LogP contribution in [0.15, 0.2) is 24.3 Å². The second kappa shape index (κ2) is 6.75. The highest BCUT2D eigenvalue weighted by Crippen LogP contribution is 2.28. The maximum absolute atomic E-state index is 12.1. The van der Waals surface area contributed by atoms with Crippen LogP contribution in [0.25, 0.3) is 0 Å². The van der Waals surface area contributed by atoms with E-state index in [4.69, 9.17) is 17.3 Å². The Morgan fingerprint density at radius 2 is 2.16 bits per heavy atom. The van der Waals surface area contributed by atoms with Crippen molar-refractivity contribution in [2.75, 3.05) is 18.0 Å². The number of para-hydroxylation sites is 1. The van der Waals surface area contributed by atoms with Crippen LogP contribution in [0.4, 0.5) is 5.69 Å². The summed E-state index contributed by atoms with van der Waals surface area (Å²) in [6, 6.07) is 6.64. The van der Waals surface area contributed by atoms with E-state index in [0.29, 0.717) is 23.7 Å². The van der Waals surface area contributed by atoms with Crippen molar-refractivity contribution in [1.29, 1.82) is 0 Å². The number of halogens is 2. The molecule has 1 aromatic carbocycles. The number of nitrogens with zero attached hydrogens (tertiary/aromatic N) is 1. The lowest BCUT2D eigenvalue weighted by molar-refractivity contribution is -0.125. The molecule has 0 bridgehead atoms. The van der Waals surface area contributed by atoms with Crippen LogP contribution in [0.1, 0.15) is 6.42 Å². The molecule has 1 unspecified atom stereocenters. The van der Waals surface area contributed by atoms with Gasteiger partial charge in [0.15, 0.2) is 0 Å². The molecule has 0 aliphatic carbocycles. The predicted octanol–water partition coefficient (Wildman–Crippen LogP) is 0.942. The summed E-state index contributed by atoms with van der Waals surface area (Å²) >= 11 is 6.05. The molecule has 1 saturated heterocycles. The van der Waals surface area contributed by atoms with Crippen LogP contribution in [0.2, 0.25) is 5.02 Å². The molecule has 5 nitrogen and oxygen atoms in total. The van der Waals surface area contributed by atoms with Crippen LogP contribution >= 0.6 is 24.0 Å². The minimum atomic E-state index is -0.502. The van der Waals surface area contributed by atoms with E-state index in [1.165, 1.54) is 0 Å². The number of anilines is 1. The molecule has 0 spiro atoms. The van der Waals surface area contributed by atoms with E-state index in [1.54, 1.807) is 23.1 Å². The molecule has 1 aliphatic heterocycles. The SMILES string of the molecule is Cl.NCC(=O)NC1CCN(c2ccccc2Cl)C1=O. The first kappa shape index (κ1) is 15.8. The molecule has 2 amide bonds. The molecule has 0 saturated carbocycles. The van der Waals surface area contributed by atoms with E-state index >= 15 is 0 Å². The Bertz CT molecular complexity index is 482. The van der Waals surface area contributed by atoms with Crippen molar-refractivity contribution >= 4 is 41.5 Å². The molecule has 0 aromatic heterocycles. The predicted molar refractivity (Wildman–Crippen MR) is 76.7 cm³/mol. The van der Waals surface area contributed by atoms with Gasteiger partial charge in [-0.25, -0.2) is 0 Å². The molecule has 0 radical (unpaired) electrons. The van der Waals surface area contributed by atoms with E-state index < -0.39 is 6.04 Å². The summed E-state index contributed by atoms with van der Waals surface area (Å²) in [6.45, 7) is 0.425. The van der Waals surface area contributed by atoms with Crippen molar-refractivity contribution in [1.82, 2.24) is 5.32 Å². The number of rotatable bonds is 3. The number of carbonyl (C=O) groups excluding carboxylic acids is 2. The zero-order valence-electron chi connectivity index (χ0n) is 10.1. The molecule has 1 aromatic rings. The lowest BCUT2D eigenvalue weighted by atomic mass is 10.2. The number of hydrogen-bond donors (Lipinski definition) is 2. The van der Waals surface area contributed by atoms with Gasteiger partial charge in [0.25, 0.3) is 0 Å². The molecule has 104 valence electrons.